The van der Waals surface area contributed by atoms with E-state index in [2.05, 4.69) is 22.6 Å². The van der Waals surface area contributed by atoms with Gasteiger partial charge in [0.05, 0.1) is 0 Å². The van der Waals surface area contributed by atoms with E-state index in [1.807, 2.05) is 36.4 Å². The summed E-state index contributed by atoms with van der Waals surface area (Å²) in [6.45, 7) is 5.09. The number of nitrogens with one attached hydrogen (secondary N) is 2. The van der Waals surface area contributed by atoms with Crippen molar-refractivity contribution in [3.8, 4) is 30.6 Å². The van der Waals surface area contributed by atoms with Gasteiger partial charge in [-0.25, -0.2) is 4.79 Å². The number of nitrogens with zero attached hydrogens (tertiary/aromatic N) is 1. The smallest absolute Gasteiger partial charge is 0.408 e. The molecule has 0 aromatic heterocycles. The molecule has 0 aliphatic heterocycles. The van der Waals surface area contributed by atoms with Crippen LogP contribution >= 0.6 is 0 Å². The number of hydrogen-bond donors (Lipinski definition) is 3. The zero-order chi connectivity index (χ0) is 31.9. The molecule has 2 unspecified atom stereocenters. The Bertz CT molecular complexity index is 1760. The fraction of sp³-hybridized carbons (Fsp3) is 0.194. The Kier molecular flexibility index (Phi) is 9.57. The molecule has 0 fully saturated rings. The summed E-state index contributed by atoms with van der Waals surface area (Å²) in [6.07, 6.45) is 10.9. The minimum absolute atomic E-state index is 0.00760. The quantitative estimate of drug-likeness (QED) is 0.179. The van der Waals surface area contributed by atoms with Crippen LogP contribution in [-0.4, -0.2) is 39.6 Å². The number of carbonyl (C=O) groups is 3. The molecule has 0 radical (unpaired) electrons. The maximum absolute atomic E-state index is 14.2. The second-order valence-corrected chi connectivity index (χ2v) is 11.1. The SMILES string of the molecule is C#Cc1ccccc1C(C(=O)Nc1ccc2ccccc2c1)N(C#C)C(=O)C(Cc1ccc(O)cc1)NC(=O)OC(C)(C)C. The van der Waals surface area contributed by atoms with Gasteiger partial charge in [0.1, 0.15) is 17.4 Å². The van der Waals surface area contributed by atoms with E-state index in [9.17, 15) is 19.5 Å². The third-order valence-electron chi connectivity index (χ3n) is 6.68. The molecule has 0 heterocycles. The Morgan fingerprint density at radius 3 is 2.23 bits per heavy atom. The van der Waals surface area contributed by atoms with Crippen LogP contribution in [0.15, 0.2) is 91.0 Å². The molecule has 44 heavy (non-hydrogen) atoms. The number of aromatic hydroxyl groups is 1. The topological polar surface area (TPSA) is 108 Å². The first-order chi connectivity index (χ1) is 21.0. The van der Waals surface area contributed by atoms with Crippen LogP contribution in [0.2, 0.25) is 0 Å². The van der Waals surface area contributed by atoms with Crippen molar-refractivity contribution in [2.45, 2.75) is 44.9 Å². The number of hydrogen-bond acceptors (Lipinski definition) is 5. The van der Waals surface area contributed by atoms with Gasteiger partial charge in [-0.2, -0.15) is 0 Å². The predicted octanol–water partition coefficient (Wildman–Crippen LogP) is 5.76. The molecule has 4 aromatic carbocycles. The van der Waals surface area contributed by atoms with Crippen molar-refractivity contribution >= 4 is 34.4 Å². The lowest BCUT2D eigenvalue weighted by Gasteiger charge is -2.31. The second kappa shape index (κ2) is 13.5. The maximum Gasteiger partial charge on any atom is 0.408 e. The lowest BCUT2D eigenvalue weighted by atomic mass is 9.97. The summed E-state index contributed by atoms with van der Waals surface area (Å²) >= 11 is 0. The van der Waals surface area contributed by atoms with Gasteiger partial charge >= 0.3 is 6.09 Å². The molecule has 0 saturated heterocycles. The van der Waals surface area contributed by atoms with Crippen molar-refractivity contribution < 1.29 is 24.2 Å². The largest absolute Gasteiger partial charge is 0.508 e. The third kappa shape index (κ3) is 7.76. The average Bonchev–Trinajstić information content (AvgIpc) is 2.99. The van der Waals surface area contributed by atoms with Crippen LogP contribution in [0.3, 0.4) is 0 Å². The Morgan fingerprint density at radius 1 is 0.909 bits per heavy atom. The number of benzene rings is 4. The molecular formula is C36H33N3O5. The predicted molar refractivity (Wildman–Crippen MR) is 170 cm³/mol. The van der Waals surface area contributed by atoms with E-state index in [1.165, 1.54) is 12.1 Å². The molecule has 0 aliphatic carbocycles. The van der Waals surface area contributed by atoms with E-state index >= 15 is 0 Å². The summed E-state index contributed by atoms with van der Waals surface area (Å²) in [4.78, 5) is 42.1. The molecule has 0 aliphatic rings. The number of terminal acetylenes is 2. The number of phenols is 1. The van der Waals surface area contributed by atoms with Gasteiger partial charge < -0.3 is 20.5 Å². The Hall–Kier alpha value is -5.73. The summed E-state index contributed by atoms with van der Waals surface area (Å²) < 4.78 is 5.41. The lowest BCUT2D eigenvalue weighted by Crippen LogP contribution is -2.51. The van der Waals surface area contributed by atoms with Crippen molar-refractivity contribution in [1.29, 1.82) is 0 Å². The zero-order valence-corrected chi connectivity index (χ0v) is 24.7. The monoisotopic (exact) mass is 587 g/mol. The number of rotatable bonds is 8. The zero-order valence-electron chi connectivity index (χ0n) is 24.7. The summed E-state index contributed by atoms with van der Waals surface area (Å²) in [6, 6.07) is 25.8. The number of anilines is 1. The minimum Gasteiger partial charge on any atom is -0.508 e. The minimum atomic E-state index is -1.35. The van der Waals surface area contributed by atoms with Crippen molar-refractivity contribution in [1.82, 2.24) is 10.2 Å². The van der Waals surface area contributed by atoms with Crippen LogP contribution in [0, 0.1) is 24.8 Å². The standard InChI is InChI=1S/C36H33N3O5/c1-6-25-12-10-11-15-30(25)32(33(41)37-28-19-18-26-13-8-9-14-27(26)23-28)39(7-2)34(42)31(38-35(43)44-36(3,4)5)22-24-16-20-29(40)21-17-24/h1-2,8-21,23,31-32,40H,22H2,3-5H3,(H,37,41)(H,38,43). The van der Waals surface area contributed by atoms with Crippen molar-refractivity contribution in [2.24, 2.45) is 0 Å². The molecular weight excluding hydrogens is 554 g/mol. The van der Waals surface area contributed by atoms with Gasteiger partial charge in [-0.3, -0.25) is 14.5 Å². The molecule has 8 nitrogen and oxygen atoms in total. The van der Waals surface area contributed by atoms with E-state index in [0.717, 1.165) is 15.7 Å². The Labute approximate surface area is 257 Å². The van der Waals surface area contributed by atoms with Crippen LogP contribution in [0.5, 0.6) is 5.75 Å². The highest BCUT2D eigenvalue weighted by atomic mass is 16.6. The number of fused-ring (bicyclic) bond motifs is 1. The first kappa shape index (κ1) is 31.2. The molecule has 4 rings (SSSR count). The van der Waals surface area contributed by atoms with E-state index in [0.29, 0.717) is 22.4 Å². The molecule has 2 atom stereocenters. The Morgan fingerprint density at radius 2 is 1.57 bits per heavy atom. The van der Waals surface area contributed by atoms with E-state index in [-0.39, 0.29) is 12.2 Å². The van der Waals surface area contributed by atoms with Crippen LogP contribution in [-0.2, 0) is 20.7 Å². The van der Waals surface area contributed by atoms with Crippen LogP contribution in [0.1, 0.15) is 43.5 Å². The summed E-state index contributed by atoms with van der Waals surface area (Å²) in [5.41, 5.74) is 0.981. The lowest BCUT2D eigenvalue weighted by molar-refractivity contribution is -0.136. The van der Waals surface area contributed by atoms with Crippen LogP contribution in [0.4, 0.5) is 10.5 Å². The van der Waals surface area contributed by atoms with Gasteiger partial charge in [0.15, 0.2) is 6.04 Å². The fourth-order valence-corrected chi connectivity index (χ4v) is 4.69. The van der Waals surface area contributed by atoms with Gasteiger partial charge in [0.2, 0.25) is 0 Å². The molecule has 4 aromatic rings. The van der Waals surface area contributed by atoms with Crippen molar-refractivity contribution in [3.05, 3.63) is 108 Å². The van der Waals surface area contributed by atoms with Crippen LogP contribution in [0.25, 0.3) is 10.8 Å². The van der Waals surface area contributed by atoms with E-state index < -0.39 is 35.6 Å². The number of carbonyl (C=O) groups excluding carboxylic acids is 3. The first-order valence-corrected chi connectivity index (χ1v) is 13.9. The molecule has 3 amide bonds. The maximum atomic E-state index is 14.2. The third-order valence-corrected chi connectivity index (χ3v) is 6.68. The molecule has 222 valence electrons. The highest BCUT2D eigenvalue weighted by molar-refractivity contribution is 6.01. The molecule has 3 N–H and O–H groups in total. The highest BCUT2D eigenvalue weighted by Crippen LogP contribution is 2.28. The molecule has 0 saturated carbocycles. The van der Waals surface area contributed by atoms with E-state index in [4.69, 9.17) is 17.6 Å². The first-order valence-electron chi connectivity index (χ1n) is 13.9. The number of alkyl carbamates (subject to hydrolysis) is 1. The number of ether oxygens (including phenoxy) is 1. The summed E-state index contributed by atoms with van der Waals surface area (Å²) in [5.74, 6) is 1.27. The van der Waals surface area contributed by atoms with Crippen LogP contribution < -0.4 is 10.6 Å². The summed E-state index contributed by atoms with van der Waals surface area (Å²) in [7, 11) is 0. The van der Waals surface area contributed by atoms with Gasteiger partial charge in [-0.1, -0.05) is 73.0 Å². The average molecular weight is 588 g/mol. The second-order valence-electron chi connectivity index (χ2n) is 11.1. The molecule has 0 bridgehead atoms. The molecule has 0 spiro atoms. The number of phenolic OH excluding ortho intramolecular Hbond substituents is 1. The van der Waals surface area contributed by atoms with Gasteiger partial charge in [-0.15, -0.1) is 6.42 Å². The number of amides is 3. The van der Waals surface area contributed by atoms with Gasteiger partial charge in [0.25, 0.3) is 11.8 Å². The highest BCUT2D eigenvalue weighted by Gasteiger charge is 2.37. The Balaban J connectivity index is 1.74. The van der Waals surface area contributed by atoms with Gasteiger partial charge in [0, 0.05) is 29.3 Å². The van der Waals surface area contributed by atoms with Crippen molar-refractivity contribution in [2.75, 3.05) is 5.32 Å². The van der Waals surface area contributed by atoms with Crippen molar-refractivity contribution in [3.63, 3.8) is 0 Å². The van der Waals surface area contributed by atoms with Gasteiger partial charge in [-0.05, 0) is 67.4 Å². The fourth-order valence-electron chi connectivity index (χ4n) is 4.69. The molecule has 8 heteroatoms. The van der Waals surface area contributed by atoms with E-state index in [1.54, 1.807) is 63.2 Å². The summed E-state index contributed by atoms with van der Waals surface area (Å²) in [5, 5.41) is 17.1. The normalized spacial score (nSPS) is 12.2.